The number of halogens is 1. The molecule has 9 nitrogen and oxygen atoms in total. The summed E-state index contributed by atoms with van der Waals surface area (Å²) in [5.74, 6) is -1.51. The van der Waals surface area contributed by atoms with Gasteiger partial charge in [0.25, 0.3) is 21.8 Å². The number of aromatic nitrogens is 2. The minimum atomic E-state index is -4.34. The summed E-state index contributed by atoms with van der Waals surface area (Å²) in [6, 6.07) is 5.06. The molecule has 2 aromatic rings. The second-order valence-corrected chi connectivity index (χ2v) is 11.4. The number of carbonyl (C=O) groups excluding carboxylic acids is 1. The Kier molecular flexibility index (Phi) is 6.41. The van der Waals surface area contributed by atoms with E-state index in [2.05, 4.69) is 16.9 Å². The second-order valence-electron chi connectivity index (χ2n) is 9.74. The molecule has 1 atom stereocenters. The summed E-state index contributed by atoms with van der Waals surface area (Å²) in [6.45, 7) is 6.68. The maximum absolute atomic E-state index is 15.0. The van der Waals surface area contributed by atoms with E-state index in [0.29, 0.717) is 12.5 Å². The fraction of sp³-hybridized carbons (Fsp3) is 0.522. The Morgan fingerprint density at radius 1 is 1.26 bits per heavy atom. The van der Waals surface area contributed by atoms with Gasteiger partial charge in [0.05, 0.1) is 5.56 Å². The van der Waals surface area contributed by atoms with Gasteiger partial charge in [-0.1, -0.05) is 13.0 Å². The van der Waals surface area contributed by atoms with Crippen LogP contribution in [0.5, 0.6) is 5.88 Å². The molecule has 3 N–H and O–H groups in total. The highest BCUT2D eigenvalue weighted by Crippen LogP contribution is 2.39. The van der Waals surface area contributed by atoms with Gasteiger partial charge in [-0.2, -0.15) is 13.4 Å². The normalized spacial score (nSPS) is 20.5. The van der Waals surface area contributed by atoms with Crippen LogP contribution in [0.3, 0.4) is 0 Å². The average Bonchev–Trinajstić information content (AvgIpc) is 3.35. The molecule has 0 aromatic carbocycles. The van der Waals surface area contributed by atoms with Crippen molar-refractivity contribution in [1.82, 2.24) is 14.7 Å². The Balaban J connectivity index is 1.73. The molecule has 0 unspecified atom stereocenters. The number of amides is 1. The Labute approximate surface area is 199 Å². The molecule has 1 amide bonds. The maximum Gasteiger partial charge on any atom is 0.281 e. The number of hydrogen-bond acceptors (Lipinski definition) is 8. The number of rotatable bonds is 6. The average molecular weight is 492 g/mol. The van der Waals surface area contributed by atoms with Crippen LogP contribution in [0.2, 0.25) is 0 Å². The zero-order valence-electron chi connectivity index (χ0n) is 19.5. The van der Waals surface area contributed by atoms with Crippen LogP contribution in [0.4, 0.5) is 16.0 Å². The van der Waals surface area contributed by atoms with Crippen LogP contribution < -0.4 is 20.1 Å². The zero-order chi connectivity index (χ0) is 24.7. The number of nitrogens with two attached hydrogens (primary N) is 1. The molecular weight excluding hydrogens is 461 g/mol. The largest absolute Gasteiger partial charge is 0.472 e. The first kappa shape index (κ1) is 24.2. The summed E-state index contributed by atoms with van der Waals surface area (Å²) in [4.78, 5) is 23.3. The van der Waals surface area contributed by atoms with E-state index in [9.17, 15) is 13.2 Å². The number of ether oxygens (including phenoxy) is 1. The molecule has 184 valence electrons. The van der Waals surface area contributed by atoms with Crippen LogP contribution >= 0.6 is 0 Å². The number of nitrogen functional groups attached to an aromatic ring is 1. The van der Waals surface area contributed by atoms with Gasteiger partial charge in [0, 0.05) is 12.1 Å². The SMILES string of the molecule is C[C@@H]1CN(c2nc(OC3CCCC3)c(F)cc2C(=O)NS(=O)(=O)c2cccc(N)n2)C(C)(C)C1. The monoisotopic (exact) mass is 491 g/mol. The van der Waals surface area contributed by atoms with Crippen molar-refractivity contribution >= 4 is 27.6 Å². The molecule has 1 aliphatic heterocycles. The zero-order valence-corrected chi connectivity index (χ0v) is 20.4. The van der Waals surface area contributed by atoms with Crippen molar-refractivity contribution in [2.45, 2.75) is 69.5 Å². The minimum absolute atomic E-state index is 0.00931. The number of pyridine rings is 2. The first-order valence-electron chi connectivity index (χ1n) is 11.4. The predicted octanol–water partition coefficient (Wildman–Crippen LogP) is 3.26. The molecule has 2 aromatic heterocycles. The molecule has 34 heavy (non-hydrogen) atoms. The smallest absolute Gasteiger partial charge is 0.281 e. The van der Waals surface area contributed by atoms with Crippen LogP contribution in [-0.2, 0) is 10.0 Å². The molecule has 11 heteroatoms. The Hall–Kier alpha value is -2.95. The van der Waals surface area contributed by atoms with Crippen molar-refractivity contribution in [1.29, 1.82) is 0 Å². The van der Waals surface area contributed by atoms with Crippen molar-refractivity contribution in [3.63, 3.8) is 0 Å². The molecule has 2 fully saturated rings. The lowest BCUT2D eigenvalue weighted by Crippen LogP contribution is -2.41. The van der Waals surface area contributed by atoms with E-state index in [-0.39, 0.29) is 34.7 Å². The predicted molar refractivity (Wildman–Crippen MR) is 126 cm³/mol. The summed E-state index contributed by atoms with van der Waals surface area (Å²) in [5.41, 5.74) is 5.02. The van der Waals surface area contributed by atoms with Crippen LogP contribution in [0, 0.1) is 11.7 Å². The third kappa shape index (κ3) is 4.94. The summed E-state index contributed by atoms with van der Waals surface area (Å²) in [7, 11) is -4.34. The lowest BCUT2D eigenvalue weighted by Gasteiger charge is -2.34. The van der Waals surface area contributed by atoms with Crippen molar-refractivity contribution in [3.8, 4) is 5.88 Å². The fourth-order valence-electron chi connectivity index (χ4n) is 4.85. The van der Waals surface area contributed by atoms with Gasteiger partial charge < -0.3 is 15.4 Å². The van der Waals surface area contributed by atoms with Gasteiger partial charge in [-0.3, -0.25) is 4.79 Å². The third-order valence-corrected chi connectivity index (χ3v) is 7.56. The summed E-state index contributed by atoms with van der Waals surface area (Å²) < 4.78 is 48.4. The third-order valence-electron chi connectivity index (χ3n) is 6.32. The molecule has 3 heterocycles. The number of carbonyl (C=O) groups is 1. The maximum atomic E-state index is 15.0. The van der Waals surface area contributed by atoms with Crippen LogP contribution in [0.1, 0.15) is 63.2 Å². The highest BCUT2D eigenvalue weighted by Gasteiger charge is 2.40. The Bertz CT molecular complexity index is 1200. The molecule has 1 saturated heterocycles. The van der Waals surface area contributed by atoms with E-state index in [0.717, 1.165) is 38.2 Å². The fourth-order valence-corrected chi connectivity index (χ4v) is 5.79. The van der Waals surface area contributed by atoms with Gasteiger partial charge in [-0.05, 0) is 70.1 Å². The van der Waals surface area contributed by atoms with Crippen molar-refractivity contribution in [3.05, 3.63) is 35.6 Å². The van der Waals surface area contributed by atoms with Crippen LogP contribution in [-0.4, -0.2) is 42.5 Å². The molecule has 1 saturated carbocycles. The van der Waals surface area contributed by atoms with Gasteiger partial charge in [0.1, 0.15) is 17.7 Å². The highest BCUT2D eigenvalue weighted by molar-refractivity contribution is 7.90. The number of anilines is 2. The highest BCUT2D eigenvalue weighted by atomic mass is 32.2. The van der Waals surface area contributed by atoms with Crippen molar-refractivity contribution < 1.29 is 22.3 Å². The molecule has 2 aliphatic rings. The molecular formula is C23H30FN5O4S. The number of hydrogen-bond donors (Lipinski definition) is 2. The van der Waals surface area contributed by atoms with E-state index in [1.807, 2.05) is 23.5 Å². The van der Waals surface area contributed by atoms with E-state index in [1.165, 1.54) is 18.2 Å². The van der Waals surface area contributed by atoms with Crippen LogP contribution in [0.25, 0.3) is 0 Å². The Morgan fingerprint density at radius 2 is 1.97 bits per heavy atom. The molecule has 0 bridgehead atoms. The standard InChI is InChI=1S/C23H30FN5O4S/c1-14-12-23(2,3)29(13-14)20-16(11-17(24)22(27-20)33-15-7-4-5-8-15)21(30)28-34(31,32)19-10-6-9-18(25)26-19/h6,9-11,14-15H,4-5,7-8,12-13H2,1-3H3,(H2,25,26)(H,28,30)/t14-/m0/s1. The van der Waals surface area contributed by atoms with E-state index >= 15 is 4.39 Å². The van der Waals surface area contributed by atoms with E-state index in [1.54, 1.807) is 0 Å². The quantitative estimate of drug-likeness (QED) is 0.630. The van der Waals surface area contributed by atoms with Gasteiger partial charge in [0.2, 0.25) is 0 Å². The van der Waals surface area contributed by atoms with Gasteiger partial charge in [-0.25, -0.2) is 14.1 Å². The second kappa shape index (κ2) is 9.01. The Morgan fingerprint density at radius 3 is 2.59 bits per heavy atom. The van der Waals surface area contributed by atoms with Gasteiger partial charge >= 0.3 is 0 Å². The molecule has 0 spiro atoms. The molecule has 1 aliphatic carbocycles. The van der Waals surface area contributed by atoms with Crippen molar-refractivity contribution in [2.75, 3.05) is 17.2 Å². The summed E-state index contributed by atoms with van der Waals surface area (Å²) in [6.07, 6.45) is 4.35. The lowest BCUT2D eigenvalue weighted by atomic mass is 9.97. The van der Waals surface area contributed by atoms with E-state index in [4.69, 9.17) is 10.5 Å². The number of sulfonamides is 1. The lowest BCUT2D eigenvalue weighted by molar-refractivity contribution is 0.0980. The topological polar surface area (TPSA) is 128 Å². The van der Waals surface area contributed by atoms with E-state index < -0.39 is 26.8 Å². The first-order chi connectivity index (χ1) is 16.0. The minimum Gasteiger partial charge on any atom is -0.472 e. The molecule has 0 radical (unpaired) electrons. The van der Waals surface area contributed by atoms with Gasteiger partial charge in [0.15, 0.2) is 10.8 Å². The summed E-state index contributed by atoms with van der Waals surface area (Å²) in [5, 5.41) is -0.410. The summed E-state index contributed by atoms with van der Waals surface area (Å²) >= 11 is 0. The van der Waals surface area contributed by atoms with Crippen molar-refractivity contribution in [2.24, 2.45) is 5.92 Å². The number of nitrogens with zero attached hydrogens (tertiary/aromatic N) is 3. The number of nitrogens with one attached hydrogen (secondary N) is 1. The first-order valence-corrected chi connectivity index (χ1v) is 12.9. The van der Waals surface area contributed by atoms with Crippen LogP contribution in [0.15, 0.2) is 29.3 Å². The molecule has 4 rings (SSSR count). The van der Waals surface area contributed by atoms with Gasteiger partial charge in [-0.15, -0.1) is 0 Å².